The number of amides is 4. The molecule has 1 unspecified atom stereocenters. The summed E-state index contributed by atoms with van der Waals surface area (Å²) in [7, 11) is 5.52. The van der Waals surface area contributed by atoms with Gasteiger partial charge in [-0.05, 0) is 132 Å². The van der Waals surface area contributed by atoms with Crippen LogP contribution in [-0.2, 0) is 30.5 Å². The maximum atomic E-state index is 14.6. The number of anilines is 1. The summed E-state index contributed by atoms with van der Waals surface area (Å²) < 4.78 is 52.0. The van der Waals surface area contributed by atoms with Gasteiger partial charge in [-0.3, -0.25) is 19.2 Å². The average Bonchev–Trinajstić information content (AvgIpc) is 3.23. The molecule has 1 atom stereocenters. The monoisotopic (exact) mass is 899 g/mol. The molecule has 15 heteroatoms. The molecule has 5 aromatic carbocycles. The van der Waals surface area contributed by atoms with Gasteiger partial charge in [0.15, 0.2) is 0 Å². The number of carbonyl (C=O) groups is 4. The maximum absolute atomic E-state index is 14.6. The first-order valence-corrected chi connectivity index (χ1v) is 20.2. The molecule has 1 heterocycles. The smallest absolute Gasteiger partial charge is 0.416 e. The summed E-state index contributed by atoms with van der Waals surface area (Å²) in [6.07, 6.45) is -3.26. The van der Waals surface area contributed by atoms with E-state index in [4.69, 9.17) is 15.2 Å². The van der Waals surface area contributed by atoms with Gasteiger partial charge in [0.2, 0.25) is 5.91 Å². The number of hydrogen-bond donors (Lipinski definition) is 2. The first-order valence-electron chi connectivity index (χ1n) is 19.4. The number of nitrogens with zero attached hydrogens (tertiary/aromatic N) is 3. The van der Waals surface area contributed by atoms with Gasteiger partial charge in [-0.2, -0.15) is 13.2 Å². The third kappa shape index (κ3) is 11.3. The topological polar surface area (TPSA) is 135 Å². The molecule has 3 N–H and O–H groups in total. The van der Waals surface area contributed by atoms with Crippen molar-refractivity contribution in [3.8, 4) is 11.5 Å². The second kappa shape index (κ2) is 19.5. The molecule has 0 bridgehead atoms. The third-order valence-electron chi connectivity index (χ3n) is 10.2. The Morgan fingerprint density at radius 3 is 2.30 bits per heavy atom. The molecule has 0 radical (unpaired) electrons. The van der Waals surface area contributed by atoms with Gasteiger partial charge in [0.05, 0.1) is 37.4 Å². The Kier molecular flexibility index (Phi) is 14.2. The lowest BCUT2D eigenvalue weighted by molar-refractivity contribution is -0.137. The molecule has 4 amide bonds. The Balaban J connectivity index is 1.26. The van der Waals surface area contributed by atoms with Crippen LogP contribution in [0.5, 0.6) is 11.5 Å². The van der Waals surface area contributed by atoms with E-state index in [-0.39, 0.29) is 30.1 Å². The van der Waals surface area contributed by atoms with E-state index in [9.17, 15) is 32.3 Å². The van der Waals surface area contributed by atoms with Crippen LogP contribution in [0.25, 0.3) is 0 Å². The lowest BCUT2D eigenvalue weighted by Crippen LogP contribution is -2.40. The summed E-state index contributed by atoms with van der Waals surface area (Å²) in [5.41, 5.74) is 8.47. The van der Waals surface area contributed by atoms with E-state index in [0.717, 1.165) is 41.1 Å². The molecule has 0 aromatic heterocycles. The number of ether oxygens (including phenoxy) is 2. The fraction of sp³-hybridized carbons (Fsp3) is 0.261. The fourth-order valence-corrected chi connectivity index (χ4v) is 7.50. The number of methoxy groups -OCH3 is 1. The quantitative estimate of drug-likeness (QED) is 0.0956. The van der Waals surface area contributed by atoms with E-state index >= 15 is 0 Å². The summed E-state index contributed by atoms with van der Waals surface area (Å²) in [5.74, 6) is -0.891. The Morgan fingerprint density at radius 2 is 1.62 bits per heavy atom. The molecule has 0 saturated carbocycles. The first-order chi connectivity index (χ1) is 29.1. The molecule has 11 nitrogen and oxygen atoms in total. The van der Waals surface area contributed by atoms with Crippen LogP contribution in [0.4, 0.5) is 18.9 Å². The number of carbonyl (C=O) groups excluding carboxylic acids is 4. The Hall–Kier alpha value is -6.19. The third-order valence-corrected chi connectivity index (χ3v) is 10.9. The van der Waals surface area contributed by atoms with Gasteiger partial charge in [0.1, 0.15) is 11.5 Å². The van der Waals surface area contributed by atoms with Crippen LogP contribution in [0.3, 0.4) is 0 Å². The Bertz CT molecular complexity index is 2390. The van der Waals surface area contributed by atoms with Crippen LogP contribution in [-0.4, -0.2) is 79.2 Å². The predicted octanol–water partition coefficient (Wildman–Crippen LogP) is 8.13. The number of hydrogen-bond acceptors (Lipinski definition) is 7. The number of alkyl halides is 3. The van der Waals surface area contributed by atoms with Crippen molar-refractivity contribution in [1.82, 2.24) is 14.7 Å². The van der Waals surface area contributed by atoms with Crippen molar-refractivity contribution in [1.29, 1.82) is 0 Å². The molecule has 5 aromatic rings. The van der Waals surface area contributed by atoms with Crippen LogP contribution in [0.1, 0.15) is 71.4 Å². The summed E-state index contributed by atoms with van der Waals surface area (Å²) in [6, 6.07) is 28.6. The lowest BCUT2D eigenvalue weighted by Gasteiger charge is -2.37. The number of primary amides is 1. The van der Waals surface area contributed by atoms with E-state index in [1.165, 1.54) is 19.2 Å². The van der Waals surface area contributed by atoms with Gasteiger partial charge in [-0.1, -0.05) is 42.5 Å². The zero-order valence-electron chi connectivity index (χ0n) is 33.8. The normalized spacial score (nSPS) is 13.7. The largest absolute Gasteiger partial charge is 0.497 e. The minimum absolute atomic E-state index is 0.142. The number of halogens is 4. The molecule has 0 spiro atoms. The molecule has 6 rings (SSSR count). The highest BCUT2D eigenvalue weighted by Gasteiger charge is 2.34. The lowest BCUT2D eigenvalue weighted by atomic mass is 9.88. The van der Waals surface area contributed by atoms with Crippen molar-refractivity contribution in [3.63, 3.8) is 0 Å². The fourth-order valence-electron chi connectivity index (χ4n) is 7.07. The number of rotatable bonds is 16. The van der Waals surface area contributed by atoms with E-state index < -0.39 is 42.0 Å². The molecule has 0 fully saturated rings. The second-order valence-corrected chi connectivity index (χ2v) is 15.8. The van der Waals surface area contributed by atoms with Gasteiger partial charge < -0.3 is 35.2 Å². The SMILES string of the molecule is COc1ccc(Br)c(C(=O)Nc2ccc3c(c2)C(=O)N(Cc2ccc(C(=O)N(CC(N)=O)Cc4cccc(C(F)(F)F)c4)cc2)C(c2ccc(OCCCN(C)C)cc2)C3)c1. The molecule has 1 aliphatic heterocycles. The Morgan fingerprint density at radius 1 is 0.902 bits per heavy atom. The van der Waals surface area contributed by atoms with Crippen molar-refractivity contribution >= 4 is 45.2 Å². The zero-order chi connectivity index (χ0) is 43.8. The highest BCUT2D eigenvalue weighted by atomic mass is 79.9. The zero-order valence-corrected chi connectivity index (χ0v) is 35.4. The van der Waals surface area contributed by atoms with Gasteiger partial charge in [0.25, 0.3) is 17.7 Å². The van der Waals surface area contributed by atoms with Gasteiger partial charge in [-0.15, -0.1) is 0 Å². The highest BCUT2D eigenvalue weighted by Crippen LogP contribution is 2.37. The van der Waals surface area contributed by atoms with E-state index in [0.29, 0.717) is 51.4 Å². The van der Waals surface area contributed by atoms with Crippen LogP contribution < -0.4 is 20.5 Å². The van der Waals surface area contributed by atoms with Crippen molar-refractivity contribution in [2.45, 2.75) is 38.1 Å². The first kappa shape index (κ1) is 44.4. The molecule has 61 heavy (non-hydrogen) atoms. The van der Waals surface area contributed by atoms with Crippen LogP contribution in [0, 0.1) is 0 Å². The molecular formula is C46H45BrF3N5O6. The van der Waals surface area contributed by atoms with Crippen LogP contribution in [0.2, 0.25) is 0 Å². The molecule has 318 valence electrons. The van der Waals surface area contributed by atoms with E-state index in [2.05, 4.69) is 26.1 Å². The Labute approximate surface area is 360 Å². The molecule has 0 aliphatic carbocycles. The van der Waals surface area contributed by atoms with Gasteiger partial charge in [0, 0.05) is 40.9 Å². The highest BCUT2D eigenvalue weighted by molar-refractivity contribution is 9.10. The predicted molar refractivity (Wildman–Crippen MR) is 228 cm³/mol. The van der Waals surface area contributed by atoms with Crippen LogP contribution >= 0.6 is 15.9 Å². The molecule has 1 aliphatic rings. The second-order valence-electron chi connectivity index (χ2n) is 14.9. The van der Waals surface area contributed by atoms with Gasteiger partial charge >= 0.3 is 6.18 Å². The summed E-state index contributed by atoms with van der Waals surface area (Å²) >= 11 is 3.43. The molecule has 0 saturated heterocycles. The number of nitrogens with one attached hydrogen (secondary N) is 1. The van der Waals surface area contributed by atoms with Crippen molar-refractivity contribution in [3.05, 3.63) is 158 Å². The molecular weight excluding hydrogens is 855 g/mol. The minimum atomic E-state index is -4.59. The number of fused-ring (bicyclic) bond motifs is 1. The van der Waals surface area contributed by atoms with Crippen molar-refractivity contribution in [2.75, 3.05) is 46.2 Å². The van der Waals surface area contributed by atoms with Crippen LogP contribution in [0.15, 0.2) is 114 Å². The maximum Gasteiger partial charge on any atom is 0.416 e. The number of benzene rings is 5. The minimum Gasteiger partial charge on any atom is -0.497 e. The van der Waals surface area contributed by atoms with Gasteiger partial charge in [-0.25, -0.2) is 0 Å². The van der Waals surface area contributed by atoms with E-state index in [1.54, 1.807) is 59.5 Å². The average molecular weight is 901 g/mol. The summed E-state index contributed by atoms with van der Waals surface area (Å²) in [4.78, 5) is 58.4. The summed E-state index contributed by atoms with van der Waals surface area (Å²) in [5, 5.41) is 2.90. The number of nitrogens with two attached hydrogens (primary N) is 1. The van der Waals surface area contributed by atoms with E-state index in [1.807, 2.05) is 44.4 Å². The standard InChI is InChI=1S/C46H45BrF3N5O6/c1-53(2)20-5-21-61-36-16-13-31(14-17-36)41-23-33-12-15-35(52-43(57)39-25-37(60-3)18-19-40(39)47)24-38(33)45(59)55(41)27-29-8-10-32(11-9-29)44(58)54(28-42(51)56)26-30-6-4-7-34(22-30)46(48,49)50/h4,6-19,22,24-25,41H,5,20-21,23,26-28H2,1-3H3,(H2,51,56)(H,52,57). The summed E-state index contributed by atoms with van der Waals surface area (Å²) in [6.45, 7) is 0.788. The van der Waals surface area contributed by atoms with Crippen molar-refractivity contribution in [2.24, 2.45) is 5.73 Å². The van der Waals surface area contributed by atoms with Crippen molar-refractivity contribution < 1.29 is 41.8 Å².